The highest BCUT2D eigenvalue weighted by atomic mass is 32.1. The maximum Gasteiger partial charge on any atom is 0.307 e. The standard InChI is InChI=1S/C23H24N2O6S/c1-3-28-16-7-5-15(6-8-16)22(27)24-23-25(10-9-21(26)29-4-2)17-13-18-19(14-20(17)32-23)31-12-11-30-18/h5-8,13-14H,3-4,9-12H2,1-2H3. The van der Waals surface area contributed by atoms with Gasteiger partial charge in [0.1, 0.15) is 19.0 Å². The summed E-state index contributed by atoms with van der Waals surface area (Å²) in [7, 11) is 0. The maximum absolute atomic E-state index is 12.9. The lowest BCUT2D eigenvalue weighted by Gasteiger charge is -2.18. The van der Waals surface area contributed by atoms with Crippen LogP contribution >= 0.6 is 11.3 Å². The summed E-state index contributed by atoms with van der Waals surface area (Å²) in [6.45, 7) is 5.83. The first kappa shape index (κ1) is 21.9. The van der Waals surface area contributed by atoms with Crippen LogP contribution in [0.25, 0.3) is 10.2 Å². The molecule has 0 N–H and O–H groups in total. The minimum atomic E-state index is -0.373. The molecule has 1 aliphatic heterocycles. The second-order valence-electron chi connectivity index (χ2n) is 6.93. The number of carbonyl (C=O) groups is 2. The zero-order valence-corrected chi connectivity index (χ0v) is 18.8. The average Bonchev–Trinajstić information content (AvgIpc) is 3.12. The number of amides is 1. The van der Waals surface area contributed by atoms with Crippen molar-refractivity contribution in [1.29, 1.82) is 0 Å². The summed E-state index contributed by atoms with van der Waals surface area (Å²) in [4.78, 5) is 29.7. The normalized spacial score (nSPS) is 13.2. The minimum Gasteiger partial charge on any atom is -0.494 e. The topological polar surface area (TPSA) is 88.4 Å². The highest BCUT2D eigenvalue weighted by Gasteiger charge is 2.18. The van der Waals surface area contributed by atoms with Gasteiger partial charge in [-0.3, -0.25) is 9.59 Å². The molecule has 3 aromatic rings. The fourth-order valence-corrected chi connectivity index (χ4v) is 4.42. The van der Waals surface area contributed by atoms with Crippen LogP contribution in [0.5, 0.6) is 17.2 Å². The van der Waals surface area contributed by atoms with Crippen molar-refractivity contribution in [2.24, 2.45) is 4.99 Å². The number of hydrogen-bond acceptors (Lipinski definition) is 7. The number of hydrogen-bond donors (Lipinski definition) is 0. The van der Waals surface area contributed by atoms with E-state index < -0.39 is 0 Å². The predicted molar refractivity (Wildman–Crippen MR) is 120 cm³/mol. The Morgan fingerprint density at radius 2 is 1.78 bits per heavy atom. The number of nitrogens with zero attached hydrogens (tertiary/aromatic N) is 2. The van der Waals surface area contributed by atoms with Crippen molar-refractivity contribution in [2.75, 3.05) is 26.4 Å². The molecule has 4 rings (SSSR count). The van der Waals surface area contributed by atoms with Gasteiger partial charge >= 0.3 is 5.97 Å². The monoisotopic (exact) mass is 456 g/mol. The van der Waals surface area contributed by atoms with Gasteiger partial charge in [-0.25, -0.2) is 0 Å². The molecule has 32 heavy (non-hydrogen) atoms. The Hall–Kier alpha value is -3.33. The molecular weight excluding hydrogens is 432 g/mol. The number of esters is 1. The lowest BCUT2D eigenvalue weighted by atomic mass is 10.2. The first-order valence-electron chi connectivity index (χ1n) is 10.5. The largest absolute Gasteiger partial charge is 0.494 e. The summed E-state index contributed by atoms with van der Waals surface area (Å²) >= 11 is 1.36. The Morgan fingerprint density at radius 3 is 2.47 bits per heavy atom. The van der Waals surface area contributed by atoms with Gasteiger partial charge < -0.3 is 23.5 Å². The van der Waals surface area contributed by atoms with E-state index in [9.17, 15) is 9.59 Å². The quantitative estimate of drug-likeness (QED) is 0.505. The van der Waals surface area contributed by atoms with Gasteiger partial charge in [0.25, 0.3) is 5.91 Å². The first-order valence-corrected chi connectivity index (χ1v) is 11.3. The third-order valence-corrected chi connectivity index (χ3v) is 5.84. The highest BCUT2D eigenvalue weighted by Crippen LogP contribution is 2.35. The molecule has 0 saturated carbocycles. The zero-order chi connectivity index (χ0) is 22.5. The Labute approximate surface area is 189 Å². The van der Waals surface area contributed by atoms with Crippen molar-refractivity contribution in [3.63, 3.8) is 0 Å². The van der Waals surface area contributed by atoms with E-state index in [-0.39, 0.29) is 18.3 Å². The van der Waals surface area contributed by atoms with E-state index in [1.807, 2.05) is 23.6 Å². The lowest BCUT2D eigenvalue weighted by molar-refractivity contribution is -0.143. The fraction of sp³-hybridized carbons (Fsp3) is 0.348. The van der Waals surface area contributed by atoms with Crippen LogP contribution < -0.4 is 19.0 Å². The summed E-state index contributed by atoms with van der Waals surface area (Å²) in [5.74, 6) is 1.31. The smallest absolute Gasteiger partial charge is 0.307 e. The summed E-state index contributed by atoms with van der Waals surface area (Å²) in [5, 5.41) is 0. The number of carbonyl (C=O) groups excluding carboxylic acids is 2. The molecule has 2 aromatic carbocycles. The fourth-order valence-electron chi connectivity index (χ4n) is 3.36. The van der Waals surface area contributed by atoms with Crippen molar-refractivity contribution in [3.8, 4) is 17.2 Å². The molecule has 0 spiro atoms. The van der Waals surface area contributed by atoms with Gasteiger partial charge in [-0.05, 0) is 38.1 Å². The summed E-state index contributed by atoms with van der Waals surface area (Å²) < 4.78 is 24.6. The van der Waals surface area contributed by atoms with Gasteiger partial charge in [-0.15, -0.1) is 0 Å². The second kappa shape index (κ2) is 9.86. The number of aryl methyl sites for hydroxylation is 1. The van der Waals surface area contributed by atoms with E-state index in [1.54, 1.807) is 31.2 Å². The molecule has 0 radical (unpaired) electrons. The van der Waals surface area contributed by atoms with Crippen molar-refractivity contribution in [2.45, 2.75) is 26.8 Å². The number of aromatic nitrogens is 1. The van der Waals surface area contributed by atoms with Gasteiger partial charge in [0.2, 0.25) is 0 Å². The van der Waals surface area contributed by atoms with Crippen LogP contribution in [0.3, 0.4) is 0 Å². The Morgan fingerprint density at radius 1 is 1.06 bits per heavy atom. The molecule has 0 saturated heterocycles. The summed E-state index contributed by atoms with van der Waals surface area (Å²) in [5.41, 5.74) is 1.27. The van der Waals surface area contributed by atoms with E-state index in [4.69, 9.17) is 18.9 Å². The highest BCUT2D eigenvalue weighted by molar-refractivity contribution is 7.16. The Bertz CT molecular complexity index is 1200. The summed E-state index contributed by atoms with van der Waals surface area (Å²) in [6, 6.07) is 10.6. The molecule has 0 bridgehead atoms. The molecular formula is C23H24N2O6S. The minimum absolute atomic E-state index is 0.165. The molecule has 9 heteroatoms. The van der Waals surface area contributed by atoms with Crippen molar-refractivity contribution >= 4 is 33.4 Å². The number of fused-ring (bicyclic) bond motifs is 2. The van der Waals surface area contributed by atoms with Crippen molar-refractivity contribution < 1.29 is 28.5 Å². The van der Waals surface area contributed by atoms with Gasteiger partial charge in [-0.2, -0.15) is 4.99 Å². The van der Waals surface area contributed by atoms with Gasteiger partial charge in [0.15, 0.2) is 16.3 Å². The van der Waals surface area contributed by atoms with Gasteiger partial charge in [0, 0.05) is 24.2 Å². The number of rotatable bonds is 7. The molecule has 0 fully saturated rings. The second-order valence-corrected chi connectivity index (χ2v) is 7.94. The van der Waals surface area contributed by atoms with Crippen LogP contribution in [-0.4, -0.2) is 42.9 Å². The van der Waals surface area contributed by atoms with Crippen molar-refractivity contribution in [3.05, 3.63) is 46.8 Å². The maximum atomic E-state index is 12.9. The Balaban J connectivity index is 1.73. The molecule has 1 amide bonds. The van der Waals surface area contributed by atoms with Gasteiger partial charge in [-0.1, -0.05) is 11.3 Å². The van der Waals surface area contributed by atoms with E-state index in [1.165, 1.54) is 11.3 Å². The molecule has 1 aromatic heterocycles. The molecule has 8 nitrogen and oxygen atoms in total. The number of thiazole rings is 1. The van der Waals surface area contributed by atoms with E-state index >= 15 is 0 Å². The molecule has 0 aliphatic carbocycles. The van der Waals surface area contributed by atoms with Crippen molar-refractivity contribution in [1.82, 2.24) is 4.57 Å². The van der Waals surface area contributed by atoms with Gasteiger partial charge in [0.05, 0.1) is 29.9 Å². The lowest BCUT2D eigenvalue weighted by Crippen LogP contribution is -2.20. The molecule has 168 valence electrons. The number of benzene rings is 2. The van der Waals surface area contributed by atoms with Crippen LogP contribution in [0.4, 0.5) is 0 Å². The average molecular weight is 457 g/mol. The van der Waals surface area contributed by atoms with Crippen LogP contribution in [0.15, 0.2) is 41.4 Å². The molecule has 0 atom stereocenters. The Kier molecular flexibility index (Phi) is 6.75. The zero-order valence-electron chi connectivity index (χ0n) is 18.0. The molecule has 0 unspecified atom stereocenters. The van der Waals surface area contributed by atoms with Crippen LogP contribution in [0, 0.1) is 0 Å². The van der Waals surface area contributed by atoms with E-state index in [0.717, 1.165) is 10.2 Å². The molecule has 2 heterocycles. The van der Waals surface area contributed by atoms with Crippen LogP contribution in [0.1, 0.15) is 30.6 Å². The van der Waals surface area contributed by atoms with Crippen LogP contribution in [-0.2, 0) is 16.1 Å². The third-order valence-electron chi connectivity index (χ3n) is 4.80. The van der Waals surface area contributed by atoms with E-state index in [0.29, 0.717) is 60.6 Å². The predicted octanol–water partition coefficient (Wildman–Crippen LogP) is 3.57. The SMILES string of the molecule is CCOC(=O)CCn1c(=NC(=O)c2ccc(OCC)cc2)sc2cc3c(cc21)OCCO3. The number of ether oxygens (including phenoxy) is 4. The molecule has 1 aliphatic rings. The first-order chi connectivity index (χ1) is 15.6. The van der Waals surface area contributed by atoms with Crippen LogP contribution in [0.2, 0.25) is 0 Å². The third kappa shape index (κ3) is 4.77. The summed E-state index contributed by atoms with van der Waals surface area (Å²) in [6.07, 6.45) is 0.165. The van der Waals surface area contributed by atoms with E-state index in [2.05, 4.69) is 4.99 Å².